The van der Waals surface area contributed by atoms with Gasteiger partial charge in [0.15, 0.2) is 0 Å². The lowest BCUT2D eigenvalue weighted by Gasteiger charge is -2.27. The minimum Gasteiger partial charge on any atom is -0.507 e. The Morgan fingerprint density at radius 3 is 2.27 bits per heavy atom. The van der Waals surface area contributed by atoms with E-state index in [9.17, 15) is 14.7 Å². The van der Waals surface area contributed by atoms with E-state index >= 15 is 0 Å². The summed E-state index contributed by atoms with van der Waals surface area (Å²) in [6.45, 7) is 3.79. The van der Waals surface area contributed by atoms with E-state index in [1.54, 1.807) is 37.4 Å². The van der Waals surface area contributed by atoms with E-state index in [1.165, 1.54) is 17.0 Å². The van der Waals surface area contributed by atoms with E-state index in [0.29, 0.717) is 27.6 Å². The van der Waals surface area contributed by atoms with Gasteiger partial charge in [0, 0.05) is 11.3 Å². The number of hydrogen-bond donors (Lipinski definition) is 1. The van der Waals surface area contributed by atoms with Crippen LogP contribution in [0.25, 0.3) is 5.76 Å². The Hall–Kier alpha value is -3.28. The number of rotatable bonds is 4. The first-order valence-corrected chi connectivity index (χ1v) is 11.0. The summed E-state index contributed by atoms with van der Waals surface area (Å²) in [5.74, 6) is -1.18. The van der Waals surface area contributed by atoms with Crippen molar-refractivity contribution in [2.24, 2.45) is 0 Å². The molecule has 0 aliphatic carbocycles. The predicted octanol–water partition coefficient (Wildman–Crippen LogP) is 6.25. The molecule has 0 bridgehead atoms. The molecule has 0 aromatic heterocycles. The van der Waals surface area contributed by atoms with Gasteiger partial charge in [-0.2, -0.15) is 0 Å². The van der Waals surface area contributed by atoms with Gasteiger partial charge in [-0.05, 0) is 66.9 Å². The minimum atomic E-state index is -0.842. The van der Waals surface area contributed by atoms with Crippen LogP contribution in [0.3, 0.4) is 0 Å². The second-order valence-electron chi connectivity index (χ2n) is 7.86. The summed E-state index contributed by atoms with van der Waals surface area (Å²) >= 11 is 12.2. The van der Waals surface area contributed by atoms with Gasteiger partial charge in [0.25, 0.3) is 11.7 Å². The first kappa shape index (κ1) is 22.9. The minimum absolute atomic E-state index is 0.0236. The summed E-state index contributed by atoms with van der Waals surface area (Å²) in [4.78, 5) is 28.0. The van der Waals surface area contributed by atoms with Gasteiger partial charge >= 0.3 is 0 Å². The fourth-order valence-electron chi connectivity index (χ4n) is 3.96. The topological polar surface area (TPSA) is 66.8 Å². The lowest BCUT2D eigenvalue weighted by atomic mass is 9.94. The van der Waals surface area contributed by atoms with Gasteiger partial charge in [-0.1, -0.05) is 47.5 Å². The molecule has 5 nitrogen and oxygen atoms in total. The van der Waals surface area contributed by atoms with E-state index in [4.69, 9.17) is 27.9 Å². The Morgan fingerprint density at radius 1 is 0.939 bits per heavy atom. The molecule has 1 fully saturated rings. The largest absolute Gasteiger partial charge is 0.507 e. The summed E-state index contributed by atoms with van der Waals surface area (Å²) in [7, 11) is 1.56. The Balaban J connectivity index is 1.97. The number of aryl methyl sites for hydroxylation is 2. The molecule has 7 heteroatoms. The molecule has 1 unspecified atom stereocenters. The van der Waals surface area contributed by atoms with Crippen molar-refractivity contribution in [3.05, 3.63) is 98.5 Å². The quantitative estimate of drug-likeness (QED) is 0.271. The van der Waals surface area contributed by atoms with E-state index < -0.39 is 17.7 Å². The van der Waals surface area contributed by atoms with Crippen LogP contribution in [0.4, 0.5) is 5.69 Å². The molecule has 1 amide bonds. The molecule has 1 saturated heterocycles. The van der Waals surface area contributed by atoms with E-state index in [0.717, 1.165) is 11.1 Å². The number of aliphatic hydroxyl groups excluding tert-OH is 1. The third kappa shape index (κ3) is 4.10. The fourth-order valence-corrected chi connectivity index (χ4v) is 4.26. The maximum Gasteiger partial charge on any atom is 0.300 e. The summed E-state index contributed by atoms with van der Waals surface area (Å²) < 4.78 is 5.25. The van der Waals surface area contributed by atoms with Gasteiger partial charge in [0.1, 0.15) is 11.5 Å². The van der Waals surface area contributed by atoms with Crippen LogP contribution in [-0.4, -0.2) is 23.9 Å². The van der Waals surface area contributed by atoms with Crippen molar-refractivity contribution in [3.8, 4) is 5.75 Å². The molecule has 4 rings (SSSR count). The normalized spacial score (nSPS) is 17.5. The molecule has 3 aromatic carbocycles. The molecule has 1 heterocycles. The highest BCUT2D eigenvalue weighted by Crippen LogP contribution is 2.44. The smallest absolute Gasteiger partial charge is 0.300 e. The highest BCUT2D eigenvalue weighted by atomic mass is 35.5. The number of methoxy groups -OCH3 is 1. The van der Waals surface area contributed by atoms with Crippen molar-refractivity contribution in [1.29, 1.82) is 0 Å². The molecule has 0 spiro atoms. The third-order valence-electron chi connectivity index (χ3n) is 5.69. The number of hydrogen-bond acceptors (Lipinski definition) is 4. The molecule has 3 aromatic rings. The van der Waals surface area contributed by atoms with Crippen LogP contribution in [0.15, 0.2) is 66.2 Å². The molecule has 0 saturated carbocycles. The van der Waals surface area contributed by atoms with E-state index in [-0.39, 0.29) is 16.4 Å². The van der Waals surface area contributed by atoms with Gasteiger partial charge in [-0.3, -0.25) is 14.5 Å². The highest BCUT2D eigenvalue weighted by molar-refractivity contribution is 6.52. The standard InChI is InChI=1S/C26H21Cl2NO4/c1-14-4-5-15(2)21(12-14)29-23(16-6-9-18(33-3)10-7-16)22(25(31)26(29)32)24(30)17-8-11-19(27)20(28)13-17/h4-13,23,30H,1-3H3/b24-22-. The molecule has 1 aliphatic rings. The molecule has 1 N–H and O–H groups in total. The number of carbonyl (C=O) groups excluding carboxylic acids is 2. The van der Waals surface area contributed by atoms with Crippen LogP contribution in [0.1, 0.15) is 28.3 Å². The van der Waals surface area contributed by atoms with Crippen molar-refractivity contribution in [2.45, 2.75) is 19.9 Å². The number of aliphatic hydroxyl groups is 1. The summed E-state index contributed by atoms with van der Waals surface area (Å²) in [5, 5.41) is 11.7. The van der Waals surface area contributed by atoms with Crippen LogP contribution >= 0.6 is 23.2 Å². The Bertz CT molecular complexity index is 1300. The number of Topliss-reactive ketones (excluding diaryl/α,β-unsaturated/α-hetero) is 1. The second kappa shape index (κ2) is 8.93. The molecule has 1 aliphatic heterocycles. The lowest BCUT2D eigenvalue weighted by Crippen LogP contribution is -2.30. The second-order valence-corrected chi connectivity index (χ2v) is 8.68. The zero-order valence-corrected chi connectivity index (χ0v) is 19.7. The van der Waals surface area contributed by atoms with Crippen LogP contribution in [0.5, 0.6) is 5.75 Å². The Labute approximate surface area is 201 Å². The number of ketones is 1. The van der Waals surface area contributed by atoms with Crippen LogP contribution in [0, 0.1) is 13.8 Å². The van der Waals surface area contributed by atoms with Crippen molar-refractivity contribution in [1.82, 2.24) is 0 Å². The van der Waals surface area contributed by atoms with Gasteiger partial charge in [0.2, 0.25) is 0 Å². The number of anilines is 1. The van der Waals surface area contributed by atoms with Gasteiger partial charge < -0.3 is 9.84 Å². The summed E-state index contributed by atoms with van der Waals surface area (Å²) in [6.07, 6.45) is 0. The number of carbonyl (C=O) groups is 2. The van der Waals surface area contributed by atoms with Crippen LogP contribution < -0.4 is 9.64 Å². The number of benzene rings is 3. The number of ether oxygens (including phenoxy) is 1. The monoisotopic (exact) mass is 481 g/mol. The number of halogens is 2. The van der Waals surface area contributed by atoms with Gasteiger partial charge in [0.05, 0.1) is 28.8 Å². The third-order valence-corrected chi connectivity index (χ3v) is 6.43. The maximum atomic E-state index is 13.3. The number of nitrogens with zero attached hydrogens (tertiary/aromatic N) is 1. The number of amides is 1. The molecule has 33 heavy (non-hydrogen) atoms. The van der Waals surface area contributed by atoms with E-state index in [2.05, 4.69) is 0 Å². The van der Waals surface area contributed by atoms with Crippen molar-refractivity contribution in [3.63, 3.8) is 0 Å². The van der Waals surface area contributed by atoms with Crippen LogP contribution in [0.2, 0.25) is 10.0 Å². The first-order valence-electron chi connectivity index (χ1n) is 10.2. The molecule has 1 atom stereocenters. The van der Waals surface area contributed by atoms with Crippen molar-refractivity contribution < 1.29 is 19.4 Å². The predicted molar refractivity (Wildman–Crippen MR) is 130 cm³/mol. The Morgan fingerprint density at radius 2 is 1.64 bits per heavy atom. The summed E-state index contributed by atoms with van der Waals surface area (Å²) in [5.41, 5.74) is 3.29. The van der Waals surface area contributed by atoms with Gasteiger partial charge in [-0.25, -0.2) is 0 Å². The lowest BCUT2D eigenvalue weighted by molar-refractivity contribution is -0.132. The zero-order chi connectivity index (χ0) is 23.9. The first-order chi connectivity index (χ1) is 15.7. The summed E-state index contributed by atoms with van der Waals surface area (Å²) in [6, 6.07) is 16.4. The molecular formula is C26H21Cl2NO4. The van der Waals surface area contributed by atoms with Gasteiger partial charge in [-0.15, -0.1) is 0 Å². The average Bonchev–Trinajstić information content (AvgIpc) is 3.07. The molecular weight excluding hydrogens is 461 g/mol. The molecule has 168 valence electrons. The Kier molecular flexibility index (Phi) is 6.19. The average molecular weight is 482 g/mol. The highest BCUT2D eigenvalue weighted by Gasteiger charge is 2.47. The van der Waals surface area contributed by atoms with Crippen molar-refractivity contribution in [2.75, 3.05) is 12.0 Å². The van der Waals surface area contributed by atoms with Crippen LogP contribution in [-0.2, 0) is 9.59 Å². The van der Waals surface area contributed by atoms with Crippen molar-refractivity contribution >= 4 is 46.3 Å². The molecule has 0 radical (unpaired) electrons. The zero-order valence-electron chi connectivity index (χ0n) is 18.2. The van der Waals surface area contributed by atoms with E-state index in [1.807, 2.05) is 32.0 Å². The maximum absolute atomic E-state index is 13.3. The fraction of sp³-hybridized carbons (Fsp3) is 0.154. The SMILES string of the molecule is COc1ccc(C2/C(=C(/O)c3ccc(Cl)c(Cl)c3)C(=O)C(=O)N2c2cc(C)ccc2C)cc1.